The third-order valence-corrected chi connectivity index (χ3v) is 8.04. The Hall–Kier alpha value is -2.00. The summed E-state index contributed by atoms with van der Waals surface area (Å²) < 4.78 is 14.3. The van der Waals surface area contributed by atoms with Gasteiger partial charge >= 0.3 is 11.9 Å². The van der Waals surface area contributed by atoms with Gasteiger partial charge in [0.1, 0.15) is 0 Å². The molecule has 4 aromatic rings. The van der Waals surface area contributed by atoms with Crippen LogP contribution in [0.4, 0.5) is 0 Å². The molecule has 0 aliphatic carbocycles. The topological polar surface area (TPSA) is 52.6 Å². The van der Waals surface area contributed by atoms with Crippen LogP contribution in [0.25, 0.3) is 30.3 Å². The molecular formula is C24H18Br2O4S2. The Morgan fingerprint density at radius 2 is 1.12 bits per heavy atom. The van der Waals surface area contributed by atoms with Gasteiger partial charge in [0, 0.05) is 39.2 Å². The normalized spacial score (nSPS) is 11.0. The van der Waals surface area contributed by atoms with Gasteiger partial charge in [-0.05, 0) is 50.2 Å². The van der Waals surface area contributed by atoms with Gasteiger partial charge in [-0.25, -0.2) is 9.59 Å². The van der Waals surface area contributed by atoms with Gasteiger partial charge in [0.05, 0.1) is 24.3 Å². The van der Waals surface area contributed by atoms with Gasteiger partial charge in [-0.15, -0.1) is 22.7 Å². The van der Waals surface area contributed by atoms with Crippen LogP contribution in [0.1, 0.15) is 34.6 Å². The first-order valence-corrected chi connectivity index (χ1v) is 13.1. The fraction of sp³-hybridized carbons (Fsp3) is 0.167. The number of hydrogen-bond donors (Lipinski definition) is 0. The van der Waals surface area contributed by atoms with E-state index in [1.165, 1.54) is 0 Å². The van der Waals surface area contributed by atoms with Crippen molar-refractivity contribution in [1.29, 1.82) is 0 Å². The highest BCUT2D eigenvalue weighted by Crippen LogP contribution is 2.43. The predicted octanol–water partition coefficient (Wildman–Crippen LogP) is 8.18. The average molecular weight is 594 g/mol. The lowest BCUT2D eigenvalue weighted by Crippen LogP contribution is -2.06. The van der Waals surface area contributed by atoms with E-state index in [4.69, 9.17) is 9.47 Å². The summed E-state index contributed by atoms with van der Waals surface area (Å²) in [5.41, 5.74) is 2.76. The molecule has 0 aliphatic rings. The molecule has 4 rings (SSSR count). The van der Waals surface area contributed by atoms with E-state index in [9.17, 15) is 9.59 Å². The number of halogens is 2. The van der Waals surface area contributed by atoms with Crippen LogP contribution in [0.3, 0.4) is 0 Å². The average Bonchev–Trinajstić information content (AvgIpc) is 3.33. The van der Waals surface area contributed by atoms with E-state index in [1.807, 2.05) is 24.3 Å². The molecule has 32 heavy (non-hydrogen) atoms. The number of rotatable bonds is 6. The smallest absolute Gasteiger partial charge is 0.338 e. The Balaban J connectivity index is 1.75. The van der Waals surface area contributed by atoms with Crippen LogP contribution in [0.15, 0.2) is 57.5 Å². The third-order valence-electron chi connectivity index (χ3n) is 4.69. The Morgan fingerprint density at radius 1 is 0.719 bits per heavy atom. The first-order chi connectivity index (χ1) is 15.4. The van der Waals surface area contributed by atoms with Crippen LogP contribution >= 0.6 is 54.5 Å². The van der Waals surface area contributed by atoms with Crippen molar-refractivity contribution in [2.45, 2.75) is 13.8 Å². The molecule has 2 aromatic carbocycles. The molecule has 8 heteroatoms. The highest BCUT2D eigenvalue weighted by molar-refractivity contribution is 9.10. The Labute approximate surface area is 210 Å². The van der Waals surface area contributed by atoms with Crippen molar-refractivity contribution in [1.82, 2.24) is 0 Å². The zero-order valence-electron chi connectivity index (χ0n) is 17.2. The van der Waals surface area contributed by atoms with E-state index < -0.39 is 0 Å². The quantitative estimate of drug-likeness (QED) is 0.212. The summed E-state index contributed by atoms with van der Waals surface area (Å²) in [5, 5.41) is 0. The van der Waals surface area contributed by atoms with Crippen LogP contribution in [0.5, 0.6) is 0 Å². The number of thiophene rings is 2. The van der Waals surface area contributed by atoms with Crippen molar-refractivity contribution in [2.24, 2.45) is 0 Å². The fourth-order valence-electron chi connectivity index (χ4n) is 3.32. The van der Waals surface area contributed by atoms with Crippen molar-refractivity contribution in [3.63, 3.8) is 0 Å². The second-order valence-electron chi connectivity index (χ2n) is 6.77. The summed E-state index contributed by atoms with van der Waals surface area (Å²) in [6.45, 7) is 4.24. The molecule has 4 nitrogen and oxygen atoms in total. The Bertz CT molecular complexity index is 1190. The predicted molar refractivity (Wildman–Crippen MR) is 138 cm³/mol. The SMILES string of the molecule is CCOC(=O)c1cc(Br)ccc1-c1cc2sc(-c3ccc(Br)cc3C(=O)OCC)cc2s1. The molecule has 0 fully saturated rings. The highest BCUT2D eigenvalue weighted by Gasteiger charge is 2.20. The summed E-state index contributed by atoms with van der Waals surface area (Å²) in [7, 11) is 0. The van der Waals surface area contributed by atoms with E-state index in [2.05, 4.69) is 44.0 Å². The van der Waals surface area contributed by atoms with Gasteiger partial charge in [0.2, 0.25) is 0 Å². The molecule has 164 valence electrons. The summed E-state index contributed by atoms with van der Waals surface area (Å²) in [6, 6.07) is 15.5. The maximum Gasteiger partial charge on any atom is 0.338 e. The first-order valence-electron chi connectivity index (χ1n) is 9.88. The molecule has 0 saturated carbocycles. The Morgan fingerprint density at radius 3 is 1.50 bits per heavy atom. The van der Waals surface area contributed by atoms with Crippen LogP contribution in [-0.4, -0.2) is 25.2 Å². The molecule has 2 aromatic heterocycles. The number of fused-ring (bicyclic) bond motifs is 1. The van der Waals surface area contributed by atoms with Crippen LogP contribution < -0.4 is 0 Å². The largest absolute Gasteiger partial charge is 0.462 e. The van der Waals surface area contributed by atoms with Crippen molar-refractivity contribution in [2.75, 3.05) is 13.2 Å². The minimum Gasteiger partial charge on any atom is -0.462 e. The molecule has 0 radical (unpaired) electrons. The van der Waals surface area contributed by atoms with E-state index in [0.29, 0.717) is 24.3 Å². The van der Waals surface area contributed by atoms with Crippen LogP contribution in [0, 0.1) is 0 Å². The lowest BCUT2D eigenvalue weighted by molar-refractivity contribution is 0.0517. The van der Waals surface area contributed by atoms with Gasteiger partial charge in [-0.2, -0.15) is 0 Å². The number of esters is 2. The second kappa shape index (κ2) is 9.87. The monoisotopic (exact) mass is 592 g/mol. The summed E-state index contributed by atoms with van der Waals surface area (Å²) in [5.74, 6) is -0.676. The number of benzene rings is 2. The van der Waals surface area contributed by atoms with Gasteiger partial charge in [0.25, 0.3) is 0 Å². The van der Waals surface area contributed by atoms with E-state index >= 15 is 0 Å². The third kappa shape index (κ3) is 4.69. The van der Waals surface area contributed by atoms with Crippen molar-refractivity contribution >= 4 is 75.9 Å². The number of ether oxygens (including phenoxy) is 2. The van der Waals surface area contributed by atoms with Crippen molar-refractivity contribution in [3.8, 4) is 20.9 Å². The molecule has 0 spiro atoms. The second-order valence-corrected chi connectivity index (χ2v) is 10.8. The molecule has 2 heterocycles. The van der Waals surface area contributed by atoms with E-state index in [1.54, 1.807) is 48.7 Å². The molecular weight excluding hydrogens is 576 g/mol. The summed E-state index contributed by atoms with van der Waals surface area (Å²) >= 11 is 10.1. The summed E-state index contributed by atoms with van der Waals surface area (Å²) in [6.07, 6.45) is 0. The van der Waals surface area contributed by atoms with Gasteiger partial charge in [-0.3, -0.25) is 0 Å². The first kappa shape index (κ1) is 23.2. The highest BCUT2D eigenvalue weighted by atomic mass is 79.9. The molecule has 0 saturated heterocycles. The number of carbonyl (C=O) groups is 2. The van der Waals surface area contributed by atoms with Crippen LogP contribution in [0.2, 0.25) is 0 Å². The minimum atomic E-state index is -0.338. The maximum absolute atomic E-state index is 12.5. The van der Waals surface area contributed by atoms with Crippen molar-refractivity contribution < 1.29 is 19.1 Å². The molecule has 0 aliphatic heterocycles. The van der Waals surface area contributed by atoms with Gasteiger partial charge < -0.3 is 9.47 Å². The van der Waals surface area contributed by atoms with Gasteiger partial charge in [-0.1, -0.05) is 44.0 Å². The Kier molecular flexibility index (Phi) is 7.14. The molecule has 0 atom stereocenters. The molecule has 0 bridgehead atoms. The molecule has 0 unspecified atom stereocenters. The fourth-order valence-corrected chi connectivity index (χ4v) is 6.52. The zero-order chi connectivity index (χ0) is 22.8. The lowest BCUT2D eigenvalue weighted by atomic mass is 10.1. The van der Waals surface area contributed by atoms with E-state index in [0.717, 1.165) is 39.2 Å². The van der Waals surface area contributed by atoms with Crippen molar-refractivity contribution in [3.05, 3.63) is 68.6 Å². The zero-order valence-corrected chi connectivity index (χ0v) is 22.0. The standard InChI is InChI=1S/C24H18Br2O4S2/c1-3-29-23(27)17-9-13(25)5-7-15(17)19-11-21-22(31-19)12-20(32-21)16-8-6-14(26)10-18(16)24(28)30-4-2/h5-12H,3-4H2,1-2H3. The number of hydrogen-bond acceptors (Lipinski definition) is 6. The molecule has 0 N–H and O–H groups in total. The van der Waals surface area contributed by atoms with Crippen LogP contribution in [-0.2, 0) is 9.47 Å². The van der Waals surface area contributed by atoms with E-state index in [-0.39, 0.29) is 11.9 Å². The lowest BCUT2D eigenvalue weighted by Gasteiger charge is -2.08. The summed E-state index contributed by atoms with van der Waals surface area (Å²) in [4.78, 5) is 27.0. The molecule has 0 amide bonds. The maximum atomic E-state index is 12.5. The van der Waals surface area contributed by atoms with Gasteiger partial charge in [0.15, 0.2) is 0 Å². The minimum absolute atomic E-state index is 0.323. The number of carbonyl (C=O) groups excluding carboxylic acids is 2.